The Hall–Kier alpha value is -2.17. The van der Waals surface area contributed by atoms with E-state index in [0.29, 0.717) is 17.3 Å². The highest BCUT2D eigenvalue weighted by atomic mass is 16.5. The lowest BCUT2D eigenvalue weighted by atomic mass is 10.2. The smallest absolute Gasteiger partial charge is 0.341 e. The number of carbonyl (C=O) groups is 1. The number of aromatic nitrogens is 3. The Morgan fingerprint density at radius 3 is 2.94 bits per heavy atom. The first kappa shape index (κ1) is 11.0. The van der Waals surface area contributed by atoms with Crippen molar-refractivity contribution in [1.29, 1.82) is 0 Å². The molecule has 1 fully saturated rings. The first-order chi connectivity index (χ1) is 8.81. The van der Waals surface area contributed by atoms with E-state index in [1.54, 1.807) is 24.5 Å². The molecular weight excluding hydrogens is 230 g/mol. The van der Waals surface area contributed by atoms with Gasteiger partial charge in [-0.15, -0.1) is 0 Å². The average Bonchev–Trinajstić information content (AvgIpc) is 3.15. The van der Waals surface area contributed by atoms with Crippen LogP contribution in [0.5, 0.6) is 0 Å². The van der Waals surface area contributed by atoms with E-state index in [0.717, 1.165) is 18.7 Å². The molecule has 1 saturated carbocycles. The van der Waals surface area contributed by atoms with Gasteiger partial charge in [0.2, 0.25) is 0 Å². The fraction of sp³-hybridized carbons (Fsp3) is 0.308. The lowest BCUT2D eigenvalue weighted by Crippen LogP contribution is -2.10. The standard InChI is InChI=1S/C13H13N3O2/c1-18-13(17)10-3-2-6-14-12(10)16-8-7-15-11(16)9-4-5-9/h2-3,6-9H,4-5H2,1H3. The van der Waals surface area contributed by atoms with Gasteiger partial charge < -0.3 is 4.74 Å². The van der Waals surface area contributed by atoms with Crippen LogP contribution in [-0.2, 0) is 4.74 Å². The summed E-state index contributed by atoms with van der Waals surface area (Å²) in [5.41, 5.74) is 0.458. The molecule has 0 N–H and O–H groups in total. The number of carbonyl (C=O) groups excluding carboxylic acids is 1. The van der Waals surface area contributed by atoms with E-state index in [1.165, 1.54) is 7.11 Å². The van der Waals surface area contributed by atoms with Gasteiger partial charge in [-0.25, -0.2) is 14.8 Å². The predicted octanol–water partition coefficient (Wildman–Crippen LogP) is 1.93. The summed E-state index contributed by atoms with van der Waals surface area (Å²) in [6.45, 7) is 0. The van der Waals surface area contributed by atoms with Crippen molar-refractivity contribution in [3.8, 4) is 5.82 Å². The molecule has 0 aliphatic heterocycles. The monoisotopic (exact) mass is 243 g/mol. The summed E-state index contributed by atoms with van der Waals surface area (Å²) in [6, 6.07) is 3.44. The zero-order chi connectivity index (χ0) is 12.5. The van der Waals surface area contributed by atoms with E-state index in [1.807, 2.05) is 10.8 Å². The van der Waals surface area contributed by atoms with Crippen LogP contribution in [0.1, 0.15) is 34.9 Å². The number of esters is 1. The molecule has 5 nitrogen and oxygen atoms in total. The molecular formula is C13H13N3O2. The summed E-state index contributed by atoms with van der Waals surface area (Å²) in [5, 5.41) is 0. The molecule has 0 bridgehead atoms. The van der Waals surface area contributed by atoms with E-state index in [-0.39, 0.29) is 5.97 Å². The van der Waals surface area contributed by atoms with Crippen LogP contribution < -0.4 is 0 Å². The van der Waals surface area contributed by atoms with Crippen molar-refractivity contribution in [1.82, 2.24) is 14.5 Å². The molecule has 1 aliphatic rings. The Kier molecular flexibility index (Phi) is 2.59. The molecule has 0 spiro atoms. The zero-order valence-corrected chi connectivity index (χ0v) is 10.0. The van der Waals surface area contributed by atoms with Gasteiger partial charge in [-0.3, -0.25) is 4.57 Å². The van der Waals surface area contributed by atoms with Gasteiger partial charge in [-0.1, -0.05) is 0 Å². The Bertz CT molecular complexity index is 587. The van der Waals surface area contributed by atoms with Gasteiger partial charge in [0.05, 0.1) is 7.11 Å². The second kappa shape index (κ2) is 4.25. The van der Waals surface area contributed by atoms with Crippen molar-refractivity contribution in [3.63, 3.8) is 0 Å². The maximum Gasteiger partial charge on any atom is 0.341 e. The Balaban J connectivity index is 2.10. The quantitative estimate of drug-likeness (QED) is 0.773. The van der Waals surface area contributed by atoms with E-state index < -0.39 is 0 Å². The van der Waals surface area contributed by atoms with E-state index in [4.69, 9.17) is 4.74 Å². The van der Waals surface area contributed by atoms with Gasteiger partial charge in [0.15, 0.2) is 5.82 Å². The lowest BCUT2D eigenvalue weighted by molar-refractivity contribution is 0.0600. The van der Waals surface area contributed by atoms with Crippen molar-refractivity contribution in [2.24, 2.45) is 0 Å². The molecule has 3 rings (SSSR count). The van der Waals surface area contributed by atoms with Gasteiger partial charge in [-0.05, 0) is 25.0 Å². The Morgan fingerprint density at radius 2 is 2.22 bits per heavy atom. The average molecular weight is 243 g/mol. The molecule has 0 saturated heterocycles. The van der Waals surface area contributed by atoms with Crippen LogP contribution in [-0.4, -0.2) is 27.6 Å². The second-order valence-electron chi connectivity index (χ2n) is 4.30. The summed E-state index contributed by atoms with van der Waals surface area (Å²) in [4.78, 5) is 20.4. The molecule has 0 radical (unpaired) electrons. The summed E-state index contributed by atoms with van der Waals surface area (Å²) < 4.78 is 6.66. The van der Waals surface area contributed by atoms with E-state index >= 15 is 0 Å². The predicted molar refractivity (Wildman–Crippen MR) is 64.7 cm³/mol. The number of ether oxygens (including phenoxy) is 1. The van der Waals surface area contributed by atoms with Gasteiger partial charge in [0, 0.05) is 24.5 Å². The highest BCUT2D eigenvalue weighted by Crippen LogP contribution is 2.39. The summed E-state index contributed by atoms with van der Waals surface area (Å²) in [5.74, 6) is 1.67. The minimum atomic E-state index is -0.381. The Morgan fingerprint density at radius 1 is 1.39 bits per heavy atom. The van der Waals surface area contributed by atoms with Crippen LogP contribution in [0.4, 0.5) is 0 Å². The molecule has 1 aliphatic carbocycles. The topological polar surface area (TPSA) is 57.0 Å². The maximum atomic E-state index is 11.7. The van der Waals surface area contributed by atoms with Crippen molar-refractivity contribution < 1.29 is 9.53 Å². The lowest BCUT2D eigenvalue weighted by Gasteiger charge is -2.09. The molecule has 0 atom stereocenters. The number of hydrogen-bond donors (Lipinski definition) is 0. The van der Waals surface area contributed by atoms with Crippen LogP contribution in [0.25, 0.3) is 5.82 Å². The van der Waals surface area contributed by atoms with E-state index in [2.05, 4.69) is 9.97 Å². The first-order valence-corrected chi connectivity index (χ1v) is 5.88. The molecule has 92 valence electrons. The third-order valence-corrected chi connectivity index (χ3v) is 3.03. The maximum absolute atomic E-state index is 11.7. The fourth-order valence-electron chi connectivity index (χ4n) is 2.00. The largest absolute Gasteiger partial charge is 0.465 e. The van der Waals surface area contributed by atoms with Crippen LogP contribution in [0.15, 0.2) is 30.7 Å². The molecule has 0 amide bonds. The first-order valence-electron chi connectivity index (χ1n) is 5.88. The molecule has 2 aromatic rings. The van der Waals surface area contributed by atoms with Crippen molar-refractivity contribution in [2.45, 2.75) is 18.8 Å². The fourth-order valence-corrected chi connectivity index (χ4v) is 2.00. The van der Waals surface area contributed by atoms with Crippen molar-refractivity contribution in [2.75, 3.05) is 7.11 Å². The Labute approximate surface area is 104 Å². The highest BCUT2D eigenvalue weighted by molar-refractivity contribution is 5.92. The van der Waals surface area contributed by atoms with Crippen molar-refractivity contribution >= 4 is 5.97 Å². The second-order valence-corrected chi connectivity index (χ2v) is 4.30. The third-order valence-electron chi connectivity index (χ3n) is 3.03. The number of nitrogens with zero attached hydrogens (tertiary/aromatic N) is 3. The summed E-state index contributed by atoms with van der Waals surface area (Å²) in [6.07, 6.45) is 7.54. The van der Waals surface area contributed by atoms with Gasteiger partial charge in [-0.2, -0.15) is 0 Å². The van der Waals surface area contributed by atoms with Crippen LogP contribution >= 0.6 is 0 Å². The number of imidazole rings is 1. The number of pyridine rings is 1. The summed E-state index contributed by atoms with van der Waals surface area (Å²) >= 11 is 0. The van der Waals surface area contributed by atoms with Crippen LogP contribution in [0, 0.1) is 0 Å². The minimum Gasteiger partial charge on any atom is -0.465 e. The molecule has 0 aromatic carbocycles. The normalized spacial score (nSPS) is 14.5. The highest BCUT2D eigenvalue weighted by Gasteiger charge is 2.29. The van der Waals surface area contributed by atoms with Gasteiger partial charge >= 0.3 is 5.97 Å². The number of methoxy groups -OCH3 is 1. The van der Waals surface area contributed by atoms with Gasteiger partial charge in [0.1, 0.15) is 11.4 Å². The zero-order valence-electron chi connectivity index (χ0n) is 10.0. The molecule has 18 heavy (non-hydrogen) atoms. The molecule has 0 unspecified atom stereocenters. The molecule has 2 aromatic heterocycles. The molecule has 5 heteroatoms. The number of hydrogen-bond acceptors (Lipinski definition) is 4. The SMILES string of the molecule is COC(=O)c1cccnc1-n1ccnc1C1CC1. The van der Waals surface area contributed by atoms with Crippen LogP contribution in [0.3, 0.4) is 0 Å². The van der Waals surface area contributed by atoms with Crippen LogP contribution in [0.2, 0.25) is 0 Å². The number of rotatable bonds is 3. The van der Waals surface area contributed by atoms with Crippen molar-refractivity contribution in [3.05, 3.63) is 42.1 Å². The molecule has 2 heterocycles. The summed E-state index contributed by atoms with van der Waals surface area (Å²) in [7, 11) is 1.37. The van der Waals surface area contributed by atoms with Gasteiger partial charge in [0.25, 0.3) is 0 Å². The third kappa shape index (κ3) is 1.77. The van der Waals surface area contributed by atoms with E-state index in [9.17, 15) is 4.79 Å². The minimum absolute atomic E-state index is 0.381.